The summed E-state index contributed by atoms with van der Waals surface area (Å²) in [7, 11) is 3.50. The number of rotatable bonds is 6. The zero-order valence-corrected chi connectivity index (χ0v) is 13.8. The van der Waals surface area contributed by atoms with E-state index >= 15 is 0 Å². The van der Waals surface area contributed by atoms with E-state index in [4.69, 9.17) is 0 Å². The number of anilines is 1. The molecule has 1 amide bonds. The van der Waals surface area contributed by atoms with Crippen molar-refractivity contribution in [3.05, 3.63) is 12.0 Å². The topological polar surface area (TPSA) is 84.7 Å². The smallest absolute Gasteiger partial charge is 0.242 e. The molecule has 0 unspecified atom stereocenters. The molecule has 0 aliphatic heterocycles. The molecule has 2 heterocycles. The molecule has 2 aromatic rings. The van der Waals surface area contributed by atoms with Crippen molar-refractivity contribution in [1.82, 2.24) is 25.1 Å². The minimum atomic E-state index is -0.312. The Labute approximate surface area is 130 Å². The fraction of sp³-hybridized carbons (Fsp3) is 0.600. The van der Waals surface area contributed by atoms with Crippen molar-refractivity contribution in [2.75, 3.05) is 12.4 Å². The van der Waals surface area contributed by atoms with E-state index in [0.717, 1.165) is 29.7 Å². The molecule has 0 radical (unpaired) electrons. The van der Waals surface area contributed by atoms with Crippen LogP contribution in [0.3, 0.4) is 0 Å². The normalized spacial score (nSPS) is 12.6. The van der Waals surface area contributed by atoms with Crippen molar-refractivity contribution in [3.8, 4) is 0 Å². The summed E-state index contributed by atoms with van der Waals surface area (Å²) in [6, 6.07) is -0.312. The summed E-state index contributed by atoms with van der Waals surface area (Å²) in [6.07, 6.45) is 3.38. The van der Waals surface area contributed by atoms with Crippen molar-refractivity contribution in [3.63, 3.8) is 0 Å². The lowest BCUT2D eigenvalue weighted by atomic mass is 10.1. The lowest BCUT2D eigenvalue weighted by molar-refractivity contribution is -0.121. The summed E-state index contributed by atoms with van der Waals surface area (Å²) in [5.41, 5.74) is 0.772. The van der Waals surface area contributed by atoms with Gasteiger partial charge in [0.05, 0.1) is 11.6 Å². The van der Waals surface area contributed by atoms with E-state index in [9.17, 15) is 4.79 Å². The van der Waals surface area contributed by atoms with Crippen LogP contribution in [-0.2, 0) is 11.8 Å². The van der Waals surface area contributed by atoms with Crippen LogP contribution in [0.2, 0.25) is 0 Å². The number of hydrogen-bond acceptors (Lipinski definition) is 5. The van der Waals surface area contributed by atoms with Gasteiger partial charge in [-0.05, 0) is 6.42 Å². The Bertz CT molecular complexity index is 663. The standard InChI is InChI=1S/C15H24N6O/c1-6-7-11(15(22)16-4)18-13-10-8-17-21(5)14(10)20-12(19-13)9(2)3/h8-9,11H,6-7H2,1-5H3,(H,16,22)(H,18,19,20)/t11-/m0/s1. The van der Waals surface area contributed by atoms with Crippen molar-refractivity contribution < 1.29 is 4.79 Å². The average molecular weight is 304 g/mol. The minimum Gasteiger partial charge on any atom is -0.358 e. The molecule has 0 fully saturated rings. The van der Waals surface area contributed by atoms with Gasteiger partial charge in [-0.15, -0.1) is 0 Å². The van der Waals surface area contributed by atoms with Crippen molar-refractivity contribution in [1.29, 1.82) is 0 Å². The monoisotopic (exact) mass is 304 g/mol. The van der Waals surface area contributed by atoms with Gasteiger partial charge in [-0.1, -0.05) is 27.2 Å². The maximum atomic E-state index is 12.0. The summed E-state index contributed by atoms with van der Waals surface area (Å²) < 4.78 is 1.72. The first-order valence-electron chi connectivity index (χ1n) is 7.65. The molecule has 120 valence electrons. The van der Waals surface area contributed by atoms with E-state index in [2.05, 4.69) is 32.6 Å². The third-order valence-corrected chi connectivity index (χ3v) is 3.58. The Kier molecular flexibility index (Phi) is 4.95. The molecule has 0 aromatic carbocycles. The van der Waals surface area contributed by atoms with E-state index in [-0.39, 0.29) is 17.9 Å². The summed E-state index contributed by atoms with van der Waals surface area (Å²) in [5, 5.41) is 11.0. The van der Waals surface area contributed by atoms with Gasteiger partial charge < -0.3 is 10.6 Å². The SMILES string of the molecule is CCC[C@H](Nc1nc(C(C)C)nc2c1cnn2C)C(=O)NC. The molecule has 0 saturated carbocycles. The van der Waals surface area contributed by atoms with E-state index in [1.54, 1.807) is 17.9 Å². The highest BCUT2D eigenvalue weighted by molar-refractivity contribution is 5.90. The van der Waals surface area contributed by atoms with E-state index < -0.39 is 0 Å². The van der Waals surface area contributed by atoms with E-state index in [1.807, 2.05) is 20.9 Å². The zero-order chi connectivity index (χ0) is 16.3. The second kappa shape index (κ2) is 6.72. The molecule has 7 heteroatoms. The Morgan fingerprint density at radius 2 is 2.09 bits per heavy atom. The maximum absolute atomic E-state index is 12.0. The number of aromatic nitrogens is 4. The highest BCUT2D eigenvalue weighted by atomic mass is 16.2. The molecule has 2 aromatic heterocycles. The summed E-state index contributed by atoms with van der Waals surface area (Å²) in [4.78, 5) is 21.2. The minimum absolute atomic E-state index is 0.0383. The molecule has 1 atom stereocenters. The second-order valence-corrected chi connectivity index (χ2v) is 5.69. The van der Waals surface area contributed by atoms with Gasteiger partial charge in [-0.25, -0.2) is 9.97 Å². The fourth-order valence-electron chi connectivity index (χ4n) is 2.30. The molecule has 0 spiro atoms. The Morgan fingerprint density at radius 3 is 2.68 bits per heavy atom. The van der Waals surface area contributed by atoms with Gasteiger partial charge in [0.15, 0.2) is 5.65 Å². The van der Waals surface area contributed by atoms with Crippen LogP contribution in [0, 0.1) is 0 Å². The number of carbonyl (C=O) groups excluding carboxylic acids is 1. The van der Waals surface area contributed by atoms with Crippen molar-refractivity contribution in [2.24, 2.45) is 7.05 Å². The number of likely N-dealkylation sites (N-methyl/N-ethyl adjacent to an activating group) is 1. The van der Waals surface area contributed by atoms with Crippen LogP contribution in [0.15, 0.2) is 6.20 Å². The highest BCUT2D eigenvalue weighted by Gasteiger charge is 2.20. The first-order chi connectivity index (χ1) is 10.5. The predicted octanol–water partition coefficient (Wildman–Crippen LogP) is 1.81. The summed E-state index contributed by atoms with van der Waals surface area (Å²) >= 11 is 0. The molecule has 0 aliphatic rings. The number of aryl methyl sites for hydroxylation is 1. The summed E-state index contributed by atoms with van der Waals surface area (Å²) in [6.45, 7) is 6.14. The number of hydrogen-bond donors (Lipinski definition) is 2. The number of carbonyl (C=O) groups is 1. The Hall–Kier alpha value is -2.18. The number of amides is 1. The van der Waals surface area contributed by atoms with Crippen LogP contribution in [0.4, 0.5) is 5.82 Å². The fourth-order valence-corrected chi connectivity index (χ4v) is 2.30. The molecular weight excluding hydrogens is 280 g/mol. The first kappa shape index (κ1) is 16.2. The van der Waals surface area contributed by atoms with Crippen molar-refractivity contribution >= 4 is 22.8 Å². The number of nitrogens with one attached hydrogen (secondary N) is 2. The molecule has 2 N–H and O–H groups in total. The first-order valence-corrected chi connectivity index (χ1v) is 7.65. The highest BCUT2D eigenvalue weighted by Crippen LogP contribution is 2.23. The number of fused-ring (bicyclic) bond motifs is 1. The lowest BCUT2D eigenvalue weighted by Gasteiger charge is -2.18. The van der Waals surface area contributed by atoms with Crippen LogP contribution in [0.5, 0.6) is 0 Å². The van der Waals surface area contributed by atoms with Crippen LogP contribution < -0.4 is 10.6 Å². The Morgan fingerprint density at radius 1 is 1.36 bits per heavy atom. The van der Waals surface area contributed by atoms with Gasteiger partial charge in [0.25, 0.3) is 0 Å². The van der Waals surface area contributed by atoms with Gasteiger partial charge in [0, 0.05) is 20.0 Å². The molecule has 0 bridgehead atoms. The van der Waals surface area contributed by atoms with Gasteiger partial charge >= 0.3 is 0 Å². The van der Waals surface area contributed by atoms with E-state index in [0.29, 0.717) is 5.82 Å². The quantitative estimate of drug-likeness (QED) is 0.850. The molecule has 22 heavy (non-hydrogen) atoms. The van der Waals surface area contributed by atoms with Crippen LogP contribution >= 0.6 is 0 Å². The van der Waals surface area contributed by atoms with Gasteiger partial charge in [0.1, 0.15) is 17.7 Å². The largest absolute Gasteiger partial charge is 0.358 e. The van der Waals surface area contributed by atoms with Crippen molar-refractivity contribution in [2.45, 2.75) is 45.6 Å². The molecule has 2 rings (SSSR count). The third kappa shape index (κ3) is 3.18. The average Bonchev–Trinajstić information content (AvgIpc) is 2.87. The summed E-state index contributed by atoms with van der Waals surface area (Å²) in [5.74, 6) is 1.57. The molecule has 7 nitrogen and oxygen atoms in total. The lowest BCUT2D eigenvalue weighted by Crippen LogP contribution is -2.38. The van der Waals surface area contributed by atoms with E-state index in [1.165, 1.54) is 0 Å². The second-order valence-electron chi connectivity index (χ2n) is 5.69. The molecule has 0 saturated heterocycles. The Balaban J connectivity index is 2.46. The maximum Gasteiger partial charge on any atom is 0.242 e. The van der Waals surface area contributed by atoms with Gasteiger partial charge in [-0.2, -0.15) is 5.10 Å². The molecule has 0 aliphatic carbocycles. The zero-order valence-electron chi connectivity index (χ0n) is 13.8. The molecular formula is C15H24N6O. The van der Waals surface area contributed by atoms with Crippen LogP contribution in [0.25, 0.3) is 11.0 Å². The van der Waals surface area contributed by atoms with Crippen LogP contribution in [-0.4, -0.2) is 38.7 Å². The number of nitrogens with zero attached hydrogens (tertiary/aromatic N) is 4. The van der Waals surface area contributed by atoms with Crippen LogP contribution in [0.1, 0.15) is 45.4 Å². The predicted molar refractivity (Wildman–Crippen MR) is 86.8 cm³/mol. The third-order valence-electron chi connectivity index (χ3n) is 3.58. The van der Waals surface area contributed by atoms with Gasteiger partial charge in [-0.3, -0.25) is 9.48 Å². The van der Waals surface area contributed by atoms with Gasteiger partial charge in [0.2, 0.25) is 5.91 Å².